The summed E-state index contributed by atoms with van der Waals surface area (Å²) in [6.45, 7) is 3.78. The second kappa shape index (κ2) is 5.49. The van der Waals surface area contributed by atoms with Gasteiger partial charge in [-0.15, -0.1) is 0 Å². The van der Waals surface area contributed by atoms with Crippen LogP contribution in [0, 0.1) is 12.7 Å². The molecule has 3 heteroatoms. The summed E-state index contributed by atoms with van der Waals surface area (Å²) < 4.78 is 17.9. The van der Waals surface area contributed by atoms with Gasteiger partial charge in [-0.3, -0.25) is 4.79 Å². The van der Waals surface area contributed by atoms with E-state index in [9.17, 15) is 9.18 Å². The van der Waals surface area contributed by atoms with Crippen LogP contribution in [0.1, 0.15) is 31.7 Å². The number of unbranched alkanes of at least 4 members (excludes halogenated alkanes) is 1. The quantitative estimate of drug-likeness (QED) is 0.563. The molecule has 15 heavy (non-hydrogen) atoms. The van der Waals surface area contributed by atoms with Crippen LogP contribution in [0.4, 0.5) is 4.39 Å². The zero-order valence-corrected chi connectivity index (χ0v) is 9.05. The smallest absolute Gasteiger partial charge is 0.311 e. The number of aryl methyl sites for hydroxylation is 1. The fourth-order valence-corrected chi connectivity index (χ4v) is 1.18. The molecule has 0 aliphatic heterocycles. The molecule has 0 amide bonds. The van der Waals surface area contributed by atoms with Crippen molar-refractivity contribution in [2.45, 2.75) is 33.1 Å². The Morgan fingerprint density at radius 1 is 1.47 bits per heavy atom. The number of carbonyl (C=O) groups is 1. The lowest BCUT2D eigenvalue weighted by atomic mass is 10.2. The van der Waals surface area contributed by atoms with E-state index in [0.29, 0.717) is 12.2 Å². The van der Waals surface area contributed by atoms with Crippen molar-refractivity contribution in [1.29, 1.82) is 0 Å². The highest BCUT2D eigenvalue weighted by atomic mass is 19.1. The number of hydrogen-bond donors (Lipinski definition) is 0. The maximum Gasteiger partial charge on any atom is 0.311 e. The molecular formula is C12H15FO2. The van der Waals surface area contributed by atoms with Gasteiger partial charge < -0.3 is 4.74 Å². The Labute approximate surface area is 89.1 Å². The molecule has 0 bridgehead atoms. The lowest BCUT2D eigenvalue weighted by molar-refractivity contribution is -0.134. The molecule has 1 rings (SSSR count). The van der Waals surface area contributed by atoms with E-state index in [1.165, 1.54) is 12.1 Å². The van der Waals surface area contributed by atoms with Gasteiger partial charge in [0.1, 0.15) is 11.6 Å². The number of carbonyl (C=O) groups excluding carboxylic acids is 1. The van der Waals surface area contributed by atoms with Crippen LogP contribution >= 0.6 is 0 Å². The van der Waals surface area contributed by atoms with Gasteiger partial charge in [0, 0.05) is 12.5 Å². The van der Waals surface area contributed by atoms with E-state index in [1.54, 1.807) is 13.0 Å². The van der Waals surface area contributed by atoms with Gasteiger partial charge in [0.05, 0.1) is 0 Å². The zero-order valence-electron chi connectivity index (χ0n) is 9.05. The van der Waals surface area contributed by atoms with Crippen molar-refractivity contribution in [1.82, 2.24) is 0 Å². The third-order valence-corrected chi connectivity index (χ3v) is 2.11. The summed E-state index contributed by atoms with van der Waals surface area (Å²) in [5.74, 6) is -0.374. The first kappa shape index (κ1) is 11.7. The zero-order chi connectivity index (χ0) is 11.3. The fraction of sp³-hybridized carbons (Fsp3) is 0.417. The van der Waals surface area contributed by atoms with Crippen LogP contribution < -0.4 is 4.74 Å². The average Bonchev–Trinajstić information content (AvgIpc) is 2.20. The fourth-order valence-electron chi connectivity index (χ4n) is 1.18. The van der Waals surface area contributed by atoms with Crippen LogP contribution in [-0.4, -0.2) is 5.97 Å². The van der Waals surface area contributed by atoms with Gasteiger partial charge >= 0.3 is 5.97 Å². The molecule has 0 aromatic heterocycles. The van der Waals surface area contributed by atoms with E-state index < -0.39 is 0 Å². The Hall–Kier alpha value is -1.38. The van der Waals surface area contributed by atoms with E-state index in [-0.39, 0.29) is 11.8 Å². The van der Waals surface area contributed by atoms with E-state index in [4.69, 9.17) is 4.74 Å². The standard InChI is InChI=1S/C12H15FO2/c1-3-4-5-12(14)15-11-8-10(13)7-6-9(11)2/h6-8H,3-5H2,1-2H3. The summed E-state index contributed by atoms with van der Waals surface area (Å²) in [6, 6.07) is 4.18. The van der Waals surface area contributed by atoms with Gasteiger partial charge in [-0.05, 0) is 25.0 Å². The highest BCUT2D eigenvalue weighted by Crippen LogP contribution is 2.19. The molecule has 1 aromatic rings. The Balaban J connectivity index is 2.63. The molecule has 0 saturated carbocycles. The summed E-state index contributed by atoms with van der Waals surface area (Å²) in [7, 11) is 0. The summed E-state index contributed by atoms with van der Waals surface area (Å²) in [5.41, 5.74) is 0.765. The highest BCUT2D eigenvalue weighted by molar-refractivity contribution is 5.72. The Bertz CT molecular complexity index is 347. The molecule has 0 heterocycles. The molecule has 0 unspecified atom stereocenters. The number of esters is 1. The molecule has 0 saturated heterocycles. The van der Waals surface area contributed by atoms with Gasteiger partial charge in [-0.2, -0.15) is 0 Å². The largest absolute Gasteiger partial charge is 0.426 e. The van der Waals surface area contributed by atoms with Crippen molar-refractivity contribution in [2.75, 3.05) is 0 Å². The molecule has 1 aromatic carbocycles. The monoisotopic (exact) mass is 210 g/mol. The average molecular weight is 210 g/mol. The number of ether oxygens (including phenoxy) is 1. The topological polar surface area (TPSA) is 26.3 Å². The van der Waals surface area contributed by atoms with Crippen LogP contribution in [-0.2, 0) is 4.79 Å². The predicted octanol–water partition coefficient (Wildman–Crippen LogP) is 3.23. The molecule has 82 valence electrons. The molecule has 0 atom stereocenters. The van der Waals surface area contributed by atoms with Gasteiger partial charge in [0.2, 0.25) is 0 Å². The summed E-state index contributed by atoms with van der Waals surface area (Å²) >= 11 is 0. The Morgan fingerprint density at radius 3 is 2.87 bits per heavy atom. The van der Waals surface area contributed by atoms with Gasteiger partial charge in [-0.25, -0.2) is 4.39 Å². The first-order chi connectivity index (χ1) is 7.13. The molecule has 0 spiro atoms. The van der Waals surface area contributed by atoms with Crippen molar-refractivity contribution in [2.24, 2.45) is 0 Å². The first-order valence-electron chi connectivity index (χ1n) is 5.10. The third-order valence-electron chi connectivity index (χ3n) is 2.11. The lowest BCUT2D eigenvalue weighted by Gasteiger charge is -2.06. The van der Waals surface area contributed by atoms with E-state index >= 15 is 0 Å². The summed E-state index contributed by atoms with van der Waals surface area (Å²) in [6.07, 6.45) is 2.12. The number of halogens is 1. The lowest BCUT2D eigenvalue weighted by Crippen LogP contribution is -2.08. The van der Waals surface area contributed by atoms with E-state index in [0.717, 1.165) is 18.4 Å². The van der Waals surface area contributed by atoms with Crippen molar-refractivity contribution < 1.29 is 13.9 Å². The van der Waals surface area contributed by atoms with Crippen LogP contribution in [0.15, 0.2) is 18.2 Å². The van der Waals surface area contributed by atoms with Gasteiger partial charge in [0.15, 0.2) is 0 Å². The molecule has 0 aliphatic carbocycles. The maximum absolute atomic E-state index is 12.9. The summed E-state index contributed by atoms with van der Waals surface area (Å²) in [5, 5.41) is 0. The van der Waals surface area contributed by atoms with E-state index in [2.05, 4.69) is 0 Å². The number of benzene rings is 1. The number of rotatable bonds is 4. The molecule has 0 N–H and O–H groups in total. The second-order valence-electron chi connectivity index (χ2n) is 3.49. The van der Waals surface area contributed by atoms with Crippen molar-refractivity contribution in [3.63, 3.8) is 0 Å². The third kappa shape index (κ3) is 3.70. The number of hydrogen-bond acceptors (Lipinski definition) is 2. The Kier molecular flexibility index (Phi) is 4.28. The molecular weight excluding hydrogens is 195 g/mol. The van der Waals surface area contributed by atoms with Gasteiger partial charge in [-0.1, -0.05) is 19.4 Å². The molecule has 0 radical (unpaired) electrons. The van der Waals surface area contributed by atoms with Crippen LogP contribution in [0.5, 0.6) is 5.75 Å². The minimum atomic E-state index is -0.390. The van der Waals surface area contributed by atoms with E-state index in [1.807, 2.05) is 6.92 Å². The predicted molar refractivity (Wildman–Crippen MR) is 56.3 cm³/mol. The SMILES string of the molecule is CCCCC(=O)Oc1cc(F)ccc1C. The van der Waals surface area contributed by atoms with Gasteiger partial charge in [0.25, 0.3) is 0 Å². The second-order valence-corrected chi connectivity index (χ2v) is 3.49. The summed E-state index contributed by atoms with van der Waals surface area (Å²) in [4.78, 5) is 11.3. The minimum absolute atomic E-state index is 0.300. The highest BCUT2D eigenvalue weighted by Gasteiger charge is 2.07. The normalized spacial score (nSPS) is 10.1. The van der Waals surface area contributed by atoms with Crippen molar-refractivity contribution in [3.8, 4) is 5.75 Å². The first-order valence-corrected chi connectivity index (χ1v) is 5.10. The van der Waals surface area contributed by atoms with Crippen LogP contribution in [0.3, 0.4) is 0 Å². The Morgan fingerprint density at radius 2 is 2.20 bits per heavy atom. The minimum Gasteiger partial charge on any atom is -0.426 e. The molecule has 2 nitrogen and oxygen atoms in total. The van der Waals surface area contributed by atoms with Crippen LogP contribution in [0.2, 0.25) is 0 Å². The molecule has 0 fully saturated rings. The molecule has 0 aliphatic rings. The van der Waals surface area contributed by atoms with Crippen molar-refractivity contribution in [3.05, 3.63) is 29.6 Å². The van der Waals surface area contributed by atoms with Crippen molar-refractivity contribution >= 4 is 5.97 Å². The maximum atomic E-state index is 12.9. The van der Waals surface area contributed by atoms with Crippen LogP contribution in [0.25, 0.3) is 0 Å².